The molecule has 0 aromatic heterocycles. The van der Waals surface area contributed by atoms with E-state index in [4.69, 9.17) is 0 Å². The number of methoxy groups -OCH3 is 1. The van der Waals surface area contributed by atoms with Crippen LogP contribution < -0.4 is 5.32 Å². The Balaban J connectivity index is 2.05. The van der Waals surface area contributed by atoms with Gasteiger partial charge in [0.1, 0.15) is 6.54 Å². The Morgan fingerprint density at radius 1 is 1.33 bits per heavy atom. The molecule has 1 aliphatic carbocycles. The van der Waals surface area contributed by atoms with E-state index in [-0.39, 0.29) is 12.5 Å². The van der Waals surface area contributed by atoms with Crippen molar-refractivity contribution in [3.8, 4) is 0 Å². The van der Waals surface area contributed by atoms with Crippen LogP contribution in [-0.4, -0.2) is 25.5 Å². The molecule has 0 bridgehead atoms. The molecule has 86 valence electrons. The molecule has 0 aliphatic heterocycles. The van der Waals surface area contributed by atoms with Crippen LogP contribution in [0.25, 0.3) is 0 Å². The largest absolute Gasteiger partial charge is 0.468 e. The zero-order valence-corrected chi connectivity index (χ0v) is 9.25. The molecule has 0 aromatic carbocycles. The van der Waals surface area contributed by atoms with E-state index in [0.29, 0.717) is 12.3 Å². The van der Waals surface area contributed by atoms with Crippen LogP contribution in [0.15, 0.2) is 0 Å². The van der Waals surface area contributed by atoms with Gasteiger partial charge in [0.2, 0.25) is 5.91 Å². The van der Waals surface area contributed by atoms with Gasteiger partial charge in [0.25, 0.3) is 0 Å². The topological polar surface area (TPSA) is 55.4 Å². The second-order valence-electron chi connectivity index (χ2n) is 4.04. The lowest BCUT2D eigenvalue weighted by atomic mass is 10.0. The maximum atomic E-state index is 11.3. The molecule has 0 spiro atoms. The van der Waals surface area contributed by atoms with Gasteiger partial charge in [-0.15, -0.1) is 0 Å². The highest BCUT2D eigenvalue weighted by atomic mass is 16.5. The molecule has 0 aromatic rings. The number of carbonyl (C=O) groups excluding carboxylic acids is 2. The molecule has 15 heavy (non-hydrogen) atoms. The van der Waals surface area contributed by atoms with Crippen LogP contribution >= 0.6 is 0 Å². The number of amides is 1. The molecule has 0 saturated heterocycles. The summed E-state index contributed by atoms with van der Waals surface area (Å²) in [7, 11) is 1.31. The standard InChI is InChI=1S/C11H19NO3/c1-15-11(14)8-12-10(13)7-6-9-4-2-3-5-9/h9H,2-8H2,1H3,(H,12,13). The predicted octanol–water partition coefficient (Wildman–Crippen LogP) is 1.25. The highest BCUT2D eigenvalue weighted by Crippen LogP contribution is 2.28. The number of carbonyl (C=O) groups is 2. The summed E-state index contributed by atoms with van der Waals surface area (Å²) in [5.74, 6) is 0.269. The molecule has 4 nitrogen and oxygen atoms in total. The number of rotatable bonds is 5. The molecule has 4 heteroatoms. The maximum Gasteiger partial charge on any atom is 0.325 e. The van der Waals surface area contributed by atoms with Crippen molar-refractivity contribution in [3.05, 3.63) is 0 Å². The van der Waals surface area contributed by atoms with E-state index in [1.807, 2.05) is 0 Å². The van der Waals surface area contributed by atoms with Gasteiger partial charge in [0.15, 0.2) is 0 Å². The van der Waals surface area contributed by atoms with Crippen LogP contribution in [0, 0.1) is 5.92 Å². The minimum atomic E-state index is -0.399. The summed E-state index contributed by atoms with van der Waals surface area (Å²) >= 11 is 0. The van der Waals surface area contributed by atoms with Crippen molar-refractivity contribution in [2.45, 2.75) is 38.5 Å². The zero-order valence-electron chi connectivity index (χ0n) is 9.25. The van der Waals surface area contributed by atoms with Crippen molar-refractivity contribution in [2.75, 3.05) is 13.7 Å². The Kier molecular flexibility index (Phi) is 5.15. The SMILES string of the molecule is COC(=O)CNC(=O)CCC1CCCC1. The smallest absolute Gasteiger partial charge is 0.325 e. The summed E-state index contributed by atoms with van der Waals surface area (Å²) in [5.41, 5.74) is 0. The Bertz CT molecular complexity index is 222. The van der Waals surface area contributed by atoms with Gasteiger partial charge in [-0.3, -0.25) is 9.59 Å². The second kappa shape index (κ2) is 6.43. The van der Waals surface area contributed by atoms with E-state index in [2.05, 4.69) is 10.1 Å². The molecule has 0 unspecified atom stereocenters. The van der Waals surface area contributed by atoms with E-state index in [0.717, 1.165) is 6.42 Å². The second-order valence-corrected chi connectivity index (χ2v) is 4.04. The van der Waals surface area contributed by atoms with Crippen molar-refractivity contribution in [2.24, 2.45) is 5.92 Å². The first-order valence-electron chi connectivity index (χ1n) is 5.56. The van der Waals surface area contributed by atoms with Crippen molar-refractivity contribution >= 4 is 11.9 Å². The number of ether oxygens (including phenoxy) is 1. The van der Waals surface area contributed by atoms with Crippen LogP contribution in [-0.2, 0) is 14.3 Å². The zero-order chi connectivity index (χ0) is 11.1. The van der Waals surface area contributed by atoms with Crippen molar-refractivity contribution in [3.63, 3.8) is 0 Å². The van der Waals surface area contributed by atoms with Crippen LogP contribution in [0.2, 0.25) is 0 Å². The number of esters is 1. The van der Waals surface area contributed by atoms with Crippen molar-refractivity contribution < 1.29 is 14.3 Å². The van der Waals surface area contributed by atoms with E-state index < -0.39 is 5.97 Å². The minimum absolute atomic E-state index is 0.0139. The fraction of sp³-hybridized carbons (Fsp3) is 0.818. The van der Waals surface area contributed by atoms with Crippen molar-refractivity contribution in [1.29, 1.82) is 0 Å². The first-order chi connectivity index (χ1) is 7.22. The Morgan fingerprint density at radius 3 is 2.60 bits per heavy atom. The van der Waals surface area contributed by atoms with Gasteiger partial charge in [-0.2, -0.15) is 0 Å². The molecule has 1 amide bonds. The summed E-state index contributed by atoms with van der Waals surface area (Å²) in [6.45, 7) is -0.0139. The molecule has 1 N–H and O–H groups in total. The summed E-state index contributed by atoms with van der Waals surface area (Å²) in [5, 5.41) is 2.54. The maximum absolute atomic E-state index is 11.3. The normalized spacial score (nSPS) is 16.3. The third kappa shape index (κ3) is 4.81. The van der Waals surface area contributed by atoms with Gasteiger partial charge in [0, 0.05) is 6.42 Å². The third-order valence-electron chi connectivity index (χ3n) is 2.91. The molecular weight excluding hydrogens is 194 g/mol. The van der Waals surface area contributed by atoms with E-state index >= 15 is 0 Å². The number of hydrogen-bond donors (Lipinski definition) is 1. The fourth-order valence-corrected chi connectivity index (χ4v) is 1.97. The van der Waals surface area contributed by atoms with Crippen LogP contribution in [0.3, 0.4) is 0 Å². The highest BCUT2D eigenvalue weighted by molar-refractivity contribution is 5.81. The summed E-state index contributed by atoms with van der Waals surface area (Å²) in [6.07, 6.45) is 6.59. The summed E-state index contributed by atoms with van der Waals surface area (Å²) < 4.78 is 4.42. The number of hydrogen-bond acceptors (Lipinski definition) is 3. The molecule has 1 fully saturated rings. The molecule has 1 aliphatic rings. The third-order valence-corrected chi connectivity index (χ3v) is 2.91. The van der Waals surface area contributed by atoms with Gasteiger partial charge < -0.3 is 10.1 Å². The van der Waals surface area contributed by atoms with Crippen molar-refractivity contribution in [1.82, 2.24) is 5.32 Å². The van der Waals surface area contributed by atoms with E-state index in [1.54, 1.807) is 0 Å². The first-order valence-corrected chi connectivity index (χ1v) is 5.56. The lowest BCUT2D eigenvalue weighted by Crippen LogP contribution is -2.30. The summed E-state index contributed by atoms with van der Waals surface area (Å²) in [6, 6.07) is 0. The Hall–Kier alpha value is -1.06. The average molecular weight is 213 g/mol. The summed E-state index contributed by atoms with van der Waals surface area (Å²) in [4.78, 5) is 22.0. The van der Waals surface area contributed by atoms with E-state index in [9.17, 15) is 9.59 Å². The molecule has 0 atom stereocenters. The molecular formula is C11H19NO3. The Labute approximate surface area is 90.4 Å². The fourth-order valence-electron chi connectivity index (χ4n) is 1.97. The van der Waals surface area contributed by atoms with Gasteiger partial charge in [-0.1, -0.05) is 25.7 Å². The van der Waals surface area contributed by atoms with Gasteiger partial charge in [0.05, 0.1) is 7.11 Å². The van der Waals surface area contributed by atoms with Gasteiger partial charge in [-0.25, -0.2) is 0 Å². The van der Waals surface area contributed by atoms with Crippen LogP contribution in [0.4, 0.5) is 0 Å². The molecule has 1 saturated carbocycles. The van der Waals surface area contributed by atoms with Gasteiger partial charge >= 0.3 is 5.97 Å². The molecule has 0 radical (unpaired) electrons. The lowest BCUT2D eigenvalue weighted by molar-refractivity contribution is -0.141. The van der Waals surface area contributed by atoms with Gasteiger partial charge in [-0.05, 0) is 12.3 Å². The monoisotopic (exact) mass is 213 g/mol. The highest BCUT2D eigenvalue weighted by Gasteiger charge is 2.16. The van der Waals surface area contributed by atoms with Crippen LogP contribution in [0.1, 0.15) is 38.5 Å². The lowest BCUT2D eigenvalue weighted by Gasteiger charge is -2.08. The van der Waals surface area contributed by atoms with E-state index in [1.165, 1.54) is 32.8 Å². The molecule has 1 rings (SSSR count). The molecule has 0 heterocycles. The average Bonchev–Trinajstić information content (AvgIpc) is 2.75. The minimum Gasteiger partial charge on any atom is -0.468 e. The predicted molar refractivity (Wildman–Crippen MR) is 56.2 cm³/mol. The number of nitrogens with one attached hydrogen (secondary N) is 1. The van der Waals surface area contributed by atoms with Crippen LogP contribution in [0.5, 0.6) is 0 Å². The first kappa shape index (κ1) is 12.0. The quantitative estimate of drug-likeness (QED) is 0.699. The Morgan fingerprint density at radius 2 is 2.00 bits per heavy atom.